The molecule has 2 aromatic heterocycles. The van der Waals surface area contributed by atoms with E-state index < -0.39 is 0 Å². The van der Waals surface area contributed by atoms with Crippen LogP contribution in [-0.4, -0.2) is 31.3 Å². The van der Waals surface area contributed by atoms with E-state index in [1.54, 1.807) is 6.33 Å². The monoisotopic (exact) mass is 288 g/mol. The van der Waals surface area contributed by atoms with Gasteiger partial charge in [0.2, 0.25) is 0 Å². The molecule has 0 aliphatic carbocycles. The minimum Gasteiger partial charge on any atom is -0.307 e. The first-order valence-corrected chi connectivity index (χ1v) is 7.48. The van der Waals surface area contributed by atoms with Crippen molar-refractivity contribution in [2.24, 2.45) is 5.92 Å². The Hall–Kier alpha value is -1.82. The maximum atomic E-state index is 4.44. The molecule has 0 aromatic carbocycles. The molecule has 0 saturated heterocycles. The van der Waals surface area contributed by atoms with Crippen LogP contribution < -0.4 is 5.32 Å². The minimum absolute atomic E-state index is 0.0608. The average Bonchev–Trinajstić information content (AvgIpc) is 2.86. The van der Waals surface area contributed by atoms with Gasteiger partial charge in [0, 0.05) is 25.4 Å². The lowest BCUT2D eigenvalue weighted by molar-refractivity contribution is 0.440. The third-order valence-corrected chi connectivity index (χ3v) is 3.18. The predicted molar refractivity (Wildman–Crippen MR) is 81.8 cm³/mol. The molecule has 6 nitrogen and oxygen atoms in total. The molecule has 0 fully saturated rings. The highest BCUT2D eigenvalue weighted by molar-refractivity contribution is 5.06. The number of nitrogens with one attached hydrogen (secondary N) is 1. The van der Waals surface area contributed by atoms with Crippen LogP contribution in [-0.2, 0) is 13.0 Å². The van der Waals surface area contributed by atoms with Crippen LogP contribution in [0.3, 0.4) is 0 Å². The Morgan fingerprint density at radius 1 is 1.19 bits per heavy atom. The number of aryl methyl sites for hydroxylation is 1. The number of aromatic nitrogens is 5. The lowest BCUT2D eigenvalue weighted by Gasteiger charge is -2.17. The molecule has 0 bridgehead atoms. The van der Waals surface area contributed by atoms with Crippen LogP contribution in [0.1, 0.15) is 44.0 Å². The summed E-state index contributed by atoms with van der Waals surface area (Å²) in [6.07, 6.45) is 6.07. The largest absolute Gasteiger partial charge is 0.307 e. The van der Waals surface area contributed by atoms with Crippen molar-refractivity contribution in [2.75, 3.05) is 6.54 Å². The fraction of sp³-hybridized carbons (Fsp3) is 0.600. The van der Waals surface area contributed by atoms with E-state index in [0.29, 0.717) is 5.92 Å². The van der Waals surface area contributed by atoms with Crippen molar-refractivity contribution < 1.29 is 0 Å². The van der Waals surface area contributed by atoms with Gasteiger partial charge in [0.05, 0.1) is 6.04 Å². The summed E-state index contributed by atoms with van der Waals surface area (Å²) in [7, 11) is 0. The Morgan fingerprint density at radius 2 is 1.90 bits per heavy atom. The molecular weight excluding hydrogens is 264 g/mol. The van der Waals surface area contributed by atoms with Crippen molar-refractivity contribution in [1.82, 2.24) is 30.0 Å². The Morgan fingerprint density at radius 3 is 2.52 bits per heavy atom. The summed E-state index contributed by atoms with van der Waals surface area (Å²) in [5.41, 5.74) is 1.07. The summed E-state index contributed by atoms with van der Waals surface area (Å²) in [6, 6.07) is 0.0608. The van der Waals surface area contributed by atoms with E-state index in [2.05, 4.69) is 46.1 Å². The SMILES string of the molecule is CCNC(Cc1ncnn1CC(C)C)c1ncc(C)cn1. The third kappa shape index (κ3) is 4.32. The van der Waals surface area contributed by atoms with Crippen molar-refractivity contribution in [3.05, 3.63) is 35.9 Å². The van der Waals surface area contributed by atoms with Crippen LogP contribution in [0.5, 0.6) is 0 Å². The zero-order valence-electron chi connectivity index (χ0n) is 13.2. The Balaban J connectivity index is 2.16. The first-order valence-electron chi connectivity index (χ1n) is 7.48. The topological polar surface area (TPSA) is 68.5 Å². The summed E-state index contributed by atoms with van der Waals surface area (Å²) in [4.78, 5) is 13.3. The fourth-order valence-electron chi connectivity index (χ4n) is 2.21. The Labute approximate surface area is 126 Å². The molecule has 0 saturated carbocycles. The summed E-state index contributed by atoms with van der Waals surface area (Å²) in [6.45, 7) is 10.2. The van der Waals surface area contributed by atoms with Gasteiger partial charge in [-0.05, 0) is 24.9 Å². The quantitative estimate of drug-likeness (QED) is 0.843. The number of rotatable bonds is 7. The summed E-state index contributed by atoms with van der Waals surface area (Å²) in [5.74, 6) is 2.32. The van der Waals surface area contributed by atoms with Gasteiger partial charge in [-0.3, -0.25) is 0 Å². The van der Waals surface area contributed by atoms with Crippen molar-refractivity contribution in [1.29, 1.82) is 0 Å². The molecule has 2 aromatic rings. The second-order valence-corrected chi connectivity index (χ2v) is 5.69. The smallest absolute Gasteiger partial charge is 0.145 e. The van der Waals surface area contributed by atoms with E-state index in [4.69, 9.17) is 0 Å². The van der Waals surface area contributed by atoms with Gasteiger partial charge in [0.15, 0.2) is 0 Å². The number of hydrogen-bond donors (Lipinski definition) is 1. The van der Waals surface area contributed by atoms with Crippen LogP contribution in [0, 0.1) is 12.8 Å². The molecule has 114 valence electrons. The van der Waals surface area contributed by atoms with Crippen LogP contribution in [0.4, 0.5) is 0 Å². The maximum absolute atomic E-state index is 4.44. The Bertz CT molecular complexity index is 546. The van der Waals surface area contributed by atoms with E-state index in [9.17, 15) is 0 Å². The van der Waals surface area contributed by atoms with Crippen molar-refractivity contribution in [3.63, 3.8) is 0 Å². The maximum Gasteiger partial charge on any atom is 0.145 e. The molecule has 1 N–H and O–H groups in total. The molecular formula is C15H24N6. The molecule has 0 radical (unpaired) electrons. The summed E-state index contributed by atoms with van der Waals surface area (Å²) < 4.78 is 1.98. The molecule has 0 aliphatic rings. The summed E-state index contributed by atoms with van der Waals surface area (Å²) >= 11 is 0. The van der Waals surface area contributed by atoms with Gasteiger partial charge in [0.25, 0.3) is 0 Å². The first kappa shape index (κ1) is 15.6. The average molecular weight is 288 g/mol. The standard InChI is InChI=1S/C15H24N6/c1-5-16-13(15-17-7-12(4)8-18-15)6-14-19-10-20-21(14)9-11(2)3/h7-8,10-11,13,16H,5-6,9H2,1-4H3. The van der Waals surface area contributed by atoms with Gasteiger partial charge in [-0.25, -0.2) is 19.6 Å². The van der Waals surface area contributed by atoms with Crippen molar-refractivity contribution in [2.45, 2.75) is 46.7 Å². The predicted octanol–water partition coefficient (Wildman–Crippen LogP) is 1.93. The highest BCUT2D eigenvalue weighted by atomic mass is 15.3. The van der Waals surface area contributed by atoms with Crippen LogP contribution in [0.2, 0.25) is 0 Å². The van der Waals surface area contributed by atoms with Gasteiger partial charge in [-0.1, -0.05) is 20.8 Å². The minimum atomic E-state index is 0.0608. The zero-order valence-corrected chi connectivity index (χ0v) is 13.2. The van der Waals surface area contributed by atoms with E-state index in [0.717, 1.165) is 36.7 Å². The van der Waals surface area contributed by atoms with E-state index in [-0.39, 0.29) is 6.04 Å². The molecule has 6 heteroatoms. The molecule has 2 rings (SSSR count). The second-order valence-electron chi connectivity index (χ2n) is 5.69. The van der Waals surface area contributed by atoms with Gasteiger partial charge in [-0.2, -0.15) is 5.10 Å². The molecule has 1 atom stereocenters. The first-order chi connectivity index (χ1) is 10.1. The molecule has 0 amide bonds. The number of likely N-dealkylation sites (N-methyl/N-ethyl adjacent to an activating group) is 1. The fourth-order valence-corrected chi connectivity index (χ4v) is 2.21. The van der Waals surface area contributed by atoms with Crippen LogP contribution in [0.15, 0.2) is 18.7 Å². The van der Waals surface area contributed by atoms with Crippen molar-refractivity contribution >= 4 is 0 Å². The second kappa shape index (κ2) is 7.26. The summed E-state index contributed by atoms with van der Waals surface area (Å²) in [5, 5.41) is 7.75. The highest BCUT2D eigenvalue weighted by Crippen LogP contribution is 2.14. The van der Waals surface area contributed by atoms with Gasteiger partial charge < -0.3 is 5.32 Å². The number of nitrogens with zero attached hydrogens (tertiary/aromatic N) is 5. The van der Waals surface area contributed by atoms with E-state index in [1.165, 1.54) is 0 Å². The van der Waals surface area contributed by atoms with Crippen LogP contribution >= 0.6 is 0 Å². The van der Waals surface area contributed by atoms with E-state index >= 15 is 0 Å². The van der Waals surface area contributed by atoms with Gasteiger partial charge >= 0.3 is 0 Å². The third-order valence-electron chi connectivity index (χ3n) is 3.18. The van der Waals surface area contributed by atoms with E-state index in [1.807, 2.05) is 24.0 Å². The molecule has 0 spiro atoms. The van der Waals surface area contributed by atoms with Crippen LogP contribution in [0.25, 0.3) is 0 Å². The lowest BCUT2D eigenvalue weighted by Crippen LogP contribution is -2.26. The normalized spacial score (nSPS) is 12.8. The van der Waals surface area contributed by atoms with Gasteiger partial charge in [0.1, 0.15) is 18.0 Å². The highest BCUT2D eigenvalue weighted by Gasteiger charge is 2.17. The molecule has 21 heavy (non-hydrogen) atoms. The van der Waals surface area contributed by atoms with Gasteiger partial charge in [-0.15, -0.1) is 0 Å². The number of hydrogen-bond acceptors (Lipinski definition) is 5. The molecule has 0 aliphatic heterocycles. The van der Waals surface area contributed by atoms with Crippen molar-refractivity contribution in [3.8, 4) is 0 Å². The zero-order chi connectivity index (χ0) is 15.2. The molecule has 2 heterocycles. The molecule has 1 unspecified atom stereocenters. The lowest BCUT2D eigenvalue weighted by atomic mass is 10.1. The Kier molecular flexibility index (Phi) is 5.38.